The fourth-order valence-electron chi connectivity index (χ4n) is 2.42. The quantitative estimate of drug-likeness (QED) is 0.666. The summed E-state index contributed by atoms with van der Waals surface area (Å²) in [5.41, 5.74) is 6.15. The number of allylic oxidation sites excluding steroid dienone is 1. The summed E-state index contributed by atoms with van der Waals surface area (Å²) in [6.45, 7) is 0. The number of carbonyl (C=O) groups excluding carboxylic acids is 1. The molecule has 21 heavy (non-hydrogen) atoms. The fraction of sp³-hybridized carbons (Fsp3) is 0.188. The number of nitrogens with zero attached hydrogens (tertiary/aromatic N) is 2. The molecule has 2 N–H and O–H groups in total. The normalized spacial score (nSPS) is 13.9. The molecular formula is C16H16N4O. The first kappa shape index (κ1) is 13.3. The number of aryl methyl sites for hydroxylation is 1. The van der Waals surface area contributed by atoms with Gasteiger partial charge in [0.2, 0.25) is 0 Å². The van der Waals surface area contributed by atoms with Gasteiger partial charge in [-0.2, -0.15) is 10.2 Å². The average molecular weight is 280 g/mol. The van der Waals surface area contributed by atoms with Crippen LogP contribution in [0.1, 0.15) is 33.7 Å². The van der Waals surface area contributed by atoms with Crippen LogP contribution in [0.15, 0.2) is 41.5 Å². The number of rotatable bonds is 4. The smallest absolute Gasteiger partial charge is 0.281 e. The van der Waals surface area contributed by atoms with Crippen molar-refractivity contribution in [1.29, 1.82) is 0 Å². The zero-order chi connectivity index (χ0) is 14.5. The second-order valence-corrected chi connectivity index (χ2v) is 4.87. The number of hydrazone groups is 1. The predicted octanol–water partition coefficient (Wildman–Crippen LogP) is 2.33. The topological polar surface area (TPSA) is 70.1 Å². The van der Waals surface area contributed by atoms with Crippen molar-refractivity contribution in [2.45, 2.75) is 19.3 Å². The molecule has 0 radical (unpaired) electrons. The number of aromatic amines is 1. The molecule has 0 fully saturated rings. The number of benzene rings is 1. The Morgan fingerprint density at radius 1 is 1.29 bits per heavy atom. The van der Waals surface area contributed by atoms with E-state index in [0.29, 0.717) is 5.69 Å². The maximum absolute atomic E-state index is 12.0. The summed E-state index contributed by atoms with van der Waals surface area (Å²) in [6, 6.07) is 9.90. The van der Waals surface area contributed by atoms with Crippen LogP contribution in [0.5, 0.6) is 0 Å². The average Bonchev–Trinajstić information content (AvgIpc) is 3.10. The van der Waals surface area contributed by atoms with Crippen LogP contribution < -0.4 is 5.43 Å². The SMILES string of the molecule is O=C(N/N=C/C=C/c1ccccc1)c1n[nH]c2c1CCC2. The van der Waals surface area contributed by atoms with Crippen molar-refractivity contribution in [2.24, 2.45) is 5.10 Å². The molecular weight excluding hydrogens is 264 g/mol. The van der Waals surface area contributed by atoms with Crippen molar-refractivity contribution in [3.05, 3.63) is 58.9 Å². The Bertz CT molecular complexity index is 686. The van der Waals surface area contributed by atoms with Gasteiger partial charge in [0.1, 0.15) is 0 Å². The second kappa shape index (κ2) is 6.17. The minimum absolute atomic E-state index is 0.265. The predicted molar refractivity (Wildman–Crippen MR) is 82.0 cm³/mol. The van der Waals surface area contributed by atoms with Gasteiger partial charge in [-0.05, 0) is 30.9 Å². The number of amides is 1. The van der Waals surface area contributed by atoms with E-state index in [4.69, 9.17) is 0 Å². The van der Waals surface area contributed by atoms with Crippen LogP contribution in [0.2, 0.25) is 0 Å². The van der Waals surface area contributed by atoms with Crippen molar-refractivity contribution in [1.82, 2.24) is 15.6 Å². The van der Waals surface area contributed by atoms with Gasteiger partial charge in [-0.1, -0.05) is 36.4 Å². The maximum atomic E-state index is 12.0. The van der Waals surface area contributed by atoms with E-state index in [9.17, 15) is 4.79 Å². The molecule has 0 unspecified atom stereocenters. The molecule has 3 rings (SSSR count). The number of hydrogen-bond acceptors (Lipinski definition) is 3. The minimum Gasteiger partial charge on any atom is -0.281 e. The lowest BCUT2D eigenvalue weighted by molar-refractivity contribution is 0.0949. The lowest BCUT2D eigenvalue weighted by Gasteiger charge is -1.97. The zero-order valence-electron chi connectivity index (χ0n) is 11.5. The van der Waals surface area contributed by atoms with Crippen LogP contribution >= 0.6 is 0 Å². The lowest BCUT2D eigenvalue weighted by Crippen LogP contribution is -2.19. The van der Waals surface area contributed by atoms with Crippen LogP contribution in [0.3, 0.4) is 0 Å². The van der Waals surface area contributed by atoms with Gasteiger partial charge in [-0.15, -0.1) is 0 Å². The Labute approximate surface area is 122 Å². The molecule has 1 aliphatic rings. The number of H-pyrrole nitrogens is 1. The molecule has 0 aliphatic heterocycles. The van der Waals surface area contributed by atoms with Gasteiger partial charge in [0.05, 0.1) is 0 Å². The Morgan fingerprint density at radius 3 is 3.00 bits per heavy atom. The molecule has 0 saturated carbocycles. The first-order valence-corrected chi connectivity index (χ1v) is 6.96. The molecule has 0 atom stereocenters. The number of aromatic nitrogens is 2. The highest BCUT2D eigenvalue weighted by Gasteiger charge is 2.22. The van der Waals surface area contributed by atoms with Gasteiger partial charge in [0, 0.05) is 17.5 Å². The van der Waals surface area contributed by atoms with Gasteiger partial charge < -0.3 is 0 Å². The van der Waals surface area contributed by atoms with Crippen molar-refractivity contribution in [3.63, 3.8) is 0 Å². The highest BCUT2D eigenvalue weighted by Crippen LogP contribution is 2.22. The monoisotopic (exact) mass is 280 g/mol. The van der Waals surface area contributed by atoms with Crippen LogP contribution in [0.4, 0.5) is 0 Å². The zero-order valence-corrected chi connectivity index (χ0v) is 11.5. The minimum atomic E-state index is -0.265. The van der Waals surface area contributed by atoms with E-state index in [1.54, 1.807) is 12.3 Å². The molecule has 106 valence electrons. The second-order valence-electron chi connectivity index (χ2n) is 4.87. The molecule has 1 aromatic heterocycles. The Kier molecular flexibility index (Phi) is 3.91. The van der Waals surface area contributed by atoms with E-state index in [0.717, 1.165) is 36.1 Å². The summed E-state index contributed by atoms with van der Waals surface area (Å²) in [5.74, 6) is -0.265. The summed E-state index contributed by atoms with van der Waals surface area (Å²) in [7, 11) is 0. The van der Waals surface area contributed by atoms with E-state index in [1.165, 1.54) is 0 Å². The Morgan fingerprint density at radius 2 is 2.14 bits per heavy atom. The van der Waals surface area contributed by atoms with Gasteiger partial charge in [-0.25, -0.2) is 5.43 Å². The molecule has 0 saturated heterocycles. The van der Waals surface area contributed by atoms with Gasteiger partial charge in [0.15, 0.2) is 5.69 Å². The van der Waals surface area contributed by atoms with E-state index in [1.807, 2.05) is 36.4 Å². The summed E-state index contributed by atoms with van der Waals surface area (Å²) in [6.07, 6.45) is 8.21. The maximum Gasteiger partial charge on any atom is 0.292 e. The summed E-state index contributed by atoms with van der Waals surface area (Å²) in [5, 5.41) is 10.9. The number of nitrogens with one attached hydrogen (secondary N) is 2. The summed E-state index contributed by atoms with van der Waals surface area (Å²) < 4.78 is 0. The highest BCUT2D eigenvalue weighted by molar-refractivity contribution is 5.94. The van der Waals surface area contributed by atoms with E-state index in [-0.39, 0.29) is 5.91 Å². The van der Waals surface area contributed by atoms with Crippen molar-refractivity contribution >= 4 is 18.2 Å². The van der Waals surface area contributed by atoms with Crippen LogP contribution in [0, 0.1) is 0 Å². The van der Waals surface area contributed by atoms with Crippen LogP contribution in [-0.2, 0) is 12.8 Å². The Balaban J connectivity index is 1.56. The van der Waals surface area contributed by atoms with E-state index >= 15 is 0 Å². The third kappa shape index (κ3) is 3.08. The first-order chi connectivity index (χ1) is 10.3. The molecule has 1 aromatic carbocycles. The third-order valence-corrected chi connectivity index (χ3v) is 3.44. The van der Waals surface area contributed by atoms with Crippen molar-refractivity contribution in [2.75, 3.05) is 0 Å². The van der Waals surface area contributed by atoms with Gasteiger partial charge in [-0.3, -0.25) is 9.89 Å². The molecule has 0 bridgehead atoms. The molecule has 1 heterocycles. The molecule has 0 spiro atoms. The fourth-order valence-corrected chi connectivity index (χ4v) is 2.42. The third-order valence-electron chi connectivity index (χ3n) is 3.44. The van der Waals surface area contributed by atoms with Crippen molar-refractivity contribution in [3.8, 4) is 0 Å². The highest BCUT2D eigenvalue weighted by atomic mass is 16.2. The molecule has 5 heteroatoms. The summed E-state index contributed by atoms with van der Waals surface area (Å²) >= 11 is 0. The number of carbonyl (C=O) groups is 1. The van der Waals surface area contributed by atoms with E-state index < -0.39 is 0 Å². The summed E-state index contributed by atoms with van der Waals surface area (Å²) in [4.78, 5) is 12.0. The van der Waals surface area contributed by atoms with Crippen molar-refractivity contribution < 1.29 is 4.79 Å². The molecule has 2 aromatic rings. The molecule has 1 amide bonds. The van der Waals surface area contributed by atoms with Gasteiger partial charge in [0.25, 0.3) is 5.91 Å². The Hall–Kier alpha value is -2.69. The lowest BCUT2D eigenvalue weighted by atomic mass is 10.2. The van der Waals surface area contributed by atoms with Gasteiger partial charge >= 0.3 is 0 Å². The number of hydrogen-bond donors (Lipinski definition) is 2. The number of fused-ring (bicyclic) bond motifs is 1. The van der Waals surface area contributed by atoms with E-state index in [2.05, 4.69) is 20.7 Å². The van der Waals surface area contributed by atoms with Crippen LogP contribution in [0.25, 0.3) is 6.08 Å². The standard InChI is InChI=1S/C16H16N4O/c21-16(15-13-9-4-10-14(13)18-19-15)20-17-11-5-8-12-6-2-1-3-7-12/h1-3,5-8,11H,4,9-10H2,(H,18,19)(H,20,21)/b8-5+,17-11+. The first-order valence-electron chi connectivity index (χ1n) is 6.96. The molecule has 1 aliphatic carbocycles. The molecule has 5 nitrogen and oxygen atoms in total. The van der Waals surface area contributed by atoms with Crippen LogP contribution in [-0.4, -0.2) is 22.3 Å². The largest absolute Gasteiger partial charge is 0.292 e.